The van der Waals surface area contributed by atoms with Gasteiger partial charge in [-0.15, -0.1) is 11.3 Å². The normalized spacial score (nSPS) is 12.1. The number of hydrogen-bond acceptors (Lipinski definition) is 6. The lowest BCUT2D eigenvalue weighted by Gasteiger charge is -2.13. The first-order valence-electron chi connectivity index (χ1n) is 12.9. The third-order valence-corrected chi connectivity index (χ3v) is 7.45. The minimum absolute atomic E-state index is 0.0614. The average Bonchev–Trinajstić information content (AvgIpc) is 3.51. The van der Waals surface area contributed by atoms with E-state index in [1.165, 1.54) is 75.5 Å². The summed E-state index contributed by atoms with van der Waals surface area (Å²) in [6.45, 7) is 2.27. The van der Waals surface area contributed by atoms with Crippen molar-refractivity contribution in [3.63, 3.8) is 0 Å². The number of anilines is 1. The Labute approximate surface area is 208 Å². The number of nitrogen functional groups attached to an aromatic ring is 1. The topological polar surface area (TPSA) is 82.0 Å². The van der Waals surface area contributed by atoms with E-state index in [1.54, 1.807) is 30.8 Å². The van der Waals surface area contributed by atoms with E-state index >= 15 is 0 Å². The number of ketones is 1. The van der Waals surface area contributed by atoms with Crippen molar-refractivity contribution in [2.45, 2.75) is 96.3 Å². The summed E-state index contributed by atoms with van der Waals surface area (Å²) in [4.78, 5) is 23.1. The fourth-order valence-corrected chi connectivity index (χ4v) is 5.38. The lowest BCUT2D eigenvalue weighted by atomic mass is 9.93. The van der Waals surface area contributed by atoms with E-state index < -0.39 is 0 Å². The molecule has 0 radical (unpaired) electrons. The smallest absolute Gasteiger partial charge is 0.189 e. The fraction of sp³-hybridized carbons (Fsp3) is 0.536. The first kappa shape index (κ1) is 26.1. The van der Waals surface area contributed by atoms with Gasteiger partial charge >= 0.3 is 0 Å². The molecule has 0 aliphatic rings. The highest BCUT2D eigenvalue weighted by atomic mass is 32.1. The Kier molecular flexibility index (Phi) is 11.3. The molecule has 0 fully saturated rings. The molecule has 0 saturated heterocycles. The predicted molar refractivity (Wildman–Crippen MR) is 141 cm³/mol. The van der Waals surface area contributed by atoms with Gasteiger partial charge < -0.3 is 10.2 Å². The van der Waals surface area contributed by atoms with Crippen molar-refractivity contribution in [2.75, 3.05) is 5.73 Å². The molecule has 3 heterocycles. The molecule has 0 aliphatic carbocycles. The van der Waals surface area contributed by atoms with E-state index in [0.717, 1.165) is 24.1 Å². The molecule has 3 aromatic heterocycles. The van der Waals surface area contributed by atoms with Gasteiger partial charge in [0, 0.05) is 23.3 Å². The Bertz CT molecular complexity index is 967. The molecule has 6 heteroatoms. The van der Waals surface area contributed by atoms with Crippen LogP contribution in [0.3, 0.4) is 0 Å². The molecular formula is C28H39N3O2S. The number of hydrogen-bond donors (Lipinski definition) is 1. The molecule has 1 unspecified atom stereocenters. The van der Waals surface area contributed by atoms with Crippen LogP contribution in [-0.4, -0.2) is 15.8 Å². The molecule has 0 amide bonds. The number of carbonyl (C=O) groups excluding carboxylic acids is 1. The van der Waals surface area contributed by atoms with Gasteiger partial charge in [-0.1, -0.05) is 90.0 Å². The van der Waals surface area contributed by atoms with Crippen molar-refractivity contribution < 1.29 is 9.21 Å². The SMILES string of the molecule is CCCCCCCCCCCCCCC(C(=O)c1ccccn1)c1cnc(-c2occc2N)s1. The van der Waals surface area contributed by atoms with Crippen LogP contribution in [0.1, 0.15) is 112 Å². The summed E-state index contributed by atoms with van der Waals surface area (Å²) in [7, 11) is 0. The molecule has 0 saturated carbocycles. The minimum Gasteiger partial charge on any atom is -0.460 e. The van der Waals surface area contributed by atoms with Gasteiger partial charge in [0.15, 0.2) is 16.6 Å². The molecule has 2 N–H and O–H groups in total. The van der Waals surface area contributed by atoms with Crippen LogP contribution in [0.15, 0.2) is 47.3 Å². The van der Waals surface area contributed by atoms with Crippen molar-refractivity contribution in [1.82, 2.24) is 9.97 Å². The van der Waals surface area contributed by atoms with Crippen LogP contribution in [0.25, 0.3) is 10.8 Å². The van der Waals surface area contributed by atoms with E-state index in [0.29, 0.717) is 22.1 Å². The Morgan fingerprint density at radius 3 is 2.21 bits per heavy atom. The Balaban J connectivity index is 1.48. The van der Waals surface area contributed by atoms with Gasteiger partial charge in [0.05, 0.1) is 17.9 Å². The van der Waals surface area contributed by atoms with Gasteiger partial charge in [0.25, 0.3) is 0 Å². The summed E-state index contributed by atoms with van der Waals surface area (Å²) < 4.78 is 5.49. The number of carbonyl (C=O) groups is 1. The van der Waals surface area contributed by atoms with E-state index in [9.17, 15) is 4.79 Å². The van der Waals surface area contributed by atoms with E-state index in [1.807, 2.05) is 12.1 Å². The van der Waals surface area contributed by atoms with Crippen LogP contribution in [0.5, 0.6) is 0 Å². The monoisotopic (exact) mass is 481 g/mol. The predicted octanol–water partition coefficient (Wildman–Crippen LogP) is 8.44. The van der Waals surface area contributed by atoms with Crippen LogP contribution < -0.4 is 5.73 Å². The molecule has 0 aliphatic heterocycles. The average molecular weight is 482 g/mol. The molecule has 3 aromatic rings. The van der Waals surface area contributed by atoms with Crippen molar-refractivity contribution in [3.8, 4) is 10.8 Å². The van der Waals surface area contributed by atoms with Gasteiger partial charge in [-0.3, -0.25) is 9.78 Å². The number of nitrogens with zero attached hydrogens (tertiary/aromatic N) is 2. The third-order valence-electron chi connectivity index (χ3n) is 6.34. The molecular weight excluding hydrogens is 442 g/mol. The minimum atomic E-state index is -0.236. The number of pyridine rings is 1. The molecule has 0 bridgehead atoms. The summed E-state index contributed by atoms with van der Waals surface area (Å²) in [5, 5.41) is 0.714. The first-order valence-corrected chi connectivity index (χ1v) is 13.8. The second-order valence-corrected chi connectivity index (χ2v) is 10.1. The van der Waals surface area contributed by atoms with Crippen molar-refractivity contribution >= 4 is 22.8 Å². The second kappa shape index (κ2) is 14.7. The Morgan fingerprint density at radius 2 is 1.62 bits per heavy atom. The number of rotatable bonds is 17. The molecule has 34 heavy (non-hydrogen) atoms. The summed E-state index contributed by atoms with van der Waals surface area (Å²) in [5.74, 6) is 0.400. The van der Waals surface area contributed by atoms with E-state index in [2.05, 4.69) is 16.9 Å². The van der Waals surface area contributed by atoms with Crippen molar-refractivity contribution in [3.05, 3.63) is 53.5 Å². The standard InChI is InChI=1S/C28H39N3O2S/c1-2-3-4-5-6-7-8-9-10-11-12-13-16-22(26(32)24-17-14-15-19-30-24)25-21-31-28(34-25)27-23(29)18-20-33-27/h14-15,17-22H,2-13,16,29H2,1H3. The third kappa shape index (κ3) is 8.08. The van der Waals surface area contributed by atoms with Crippen LogP contribution in [0, 0.1) is 0 Å². The summed E-state index contributed by atoms with van der Waals surface area (Å²) in [5.41, 5.74) is 7.07. The molecule has 5 nitrogen and oxygen atoms in total. The lowest BCUT2D eigenvalue weighted by Crippen LogP contribution is -2.13. The summed E-state index contributed by atoms with van der Waals surface area (Å²) >= 11 is 1.49. The number of Topliss-reactive ketones (excluding diaryl/α,β-unsaturated/α-hetero) is 1. The van der Waals surface area contributed by atoms with Gasteiger partial charge in [-0.2, -0.15) is 0 Å². The second-order valence-electron chi connectivity index (χ2n) is 9.08. The van der Waals surface area contributed by atoms with Gasteiger partial charge in [-0.25, -0.2) is 4.98 Å². The number of furan rings is 1. The van der Waals surface area contributed by atoms with Crippen molar-refractivity contribution in [2.24, 2.45) is 0 Å². The maximum Gasteiger partial charge on any atom is 0.189 e. The highest BCUT2D eigenvalue weighted by molar-refractivity contribution is 7.15. The van der Waals surface area contributed by atoms with Gasteiger partial charge in [0.1, 0.15) is 5.69 Å². The van der Waals surface area contributed by atoms with Gasteiger partial charge in [0.2, 0.25) is 0 Å². The molecule has 0 spiro atoms. The fourth-order valence-electron chi connectivity index (χ4n) is 4.32. The maximum atomic E-state index is 13.3. The molecule has 0 aromatic carbocycles. The quantitative estimate of drug-likeness (QED) is 0.154. The van der Waals surface area contributed by atoms with Gasteiger partial charge in [-0.05, 0) is 18.6 Å². The zero-order valence-corrected chi connectivity index (χ0v) is 21.3. The molecule has 3 rings (SSSR count). The Hall–Kier alpha value is -2.47. The first-order chi connectivity index (χ1) is 16.7. The summed E-state index contributed by atoms with van der Waals surface area (Å²) in [6, 6.07) is 7.22. The number of aromatic nitrogens is 2. The molecule has 184 valence electrons. The number of nitrogens with two attached hydrogens (primary N) is 1. The highest BCUT2D eigenvalue weighted by Crippen LogP contribution is 2.36. The van der Waals surface area contributed by atoms with Crippen LogP contribution >= 0.6 is 11.3 Å². The highest BCUT2D eigenvalue weighted by Gasteiger charge is 2.26. The zero-order valence-electron chi connectivity index (χ0n) is 20.5. The number of unbranched alkanes of at least 4 members (excludes halogenated alkanes) is 11. The zero-order chi connectivity index (χ0) is 24.0. The van der Waals surface area contributed by atoms with Crippen LogP contribution in [0.2, 0.25) is 0 Å². The number of thiazole rings is 1. The van der Waals surface area contributed by atoms with Crippen LogP contribution in [-0.2, 0) is 0 Å². The van der Waals surface area contributed by atoms with Crippen LogP contribution in [0.4, 0.5) is 5.69 Å². The maximum absolute atomic E-state index is 13.3. The molecule has 1 atom stereocenters. The lowest BCUT2D eigenvalue weighted by molar-refractivity contribution is 0.0950. The van der Waals surface area contributed by atoms with E-state index in [4.69, 9.17) is 10.2 Å². The van der Waals surface area contributed by atoms with E-state index in [-0.39, 0.29) is 11.7 Å². The summed E-state index contributed by atoms with van der Waals surface area (Å²) in [6.07, 6.45) is 21.5. The largest absolute Gasteiger partial charge is 0.460 e. The van der Waals surface area contributed by atoms with Crippen molar-refractivity contribution in [1.29, 1.82) is 0 Å². The Morgan fingerprint density at radius 1 is 0.941 bits per heavy atom.